The van der Waals surface area contributed by atoms with Crippen LogP contribution in [0, 0.1) is 0 Å². The molecule has 0 aromatic carbocycles. The van der Waals surface area contributed by atoms with Gasteiger partial charge in [0, 0.05) is 42.1 Å². The lowest BCUT2D eigenvalue weighted by atomic mass is 10.0. The average molecular weight is 310 g/mol. The SMILES string of the molecule is CCc1nn(C)cc1C(O)Cc1cncc(Br)c1. The zero-order valence-electron chi connectivity index (χ0n) is 10.5. The lowest BCUT2D eigenvalue weighted by Crippen LogP contribution is -2.04. The fourth-order valence-electron chi connectivity index (χ4n) is 2.01. The molecule has 18 heavy (non-hydrogen) atoms. The molecule has 4 nitrogen and oxygen atoms in total. The van der Waals surface area contributed by atoms with Gasteiger partial charge in [0.15, 0.2) is 0 Å². The Bertz CT molecular complexity index is 539. The van der Waals surface area contributed by atoms with E-state index in [9.17, 15) is 5.11 Å². The van der Waals surface area contributed by atoms with Crippen LogP contribution in [0.5, 0.6) is 0 Å². The monoisotopic (exact) mass is 309 g/mol. The molecule has 0 amide bonds. The van der Waals surface area contributed by atoms with Crippen LogP contribution in [0.2, 0.25) is 0 Å². The lowest BCUT2D eigenvalue weighted by molar-refractivity contribution is 0.177. The van der Waals surface area contributed by atoms with Gasteiger partial charge in [0.2, 0.25) is 0 Å². The third-order valence-corrected chi connectivity index (χ3v) is 3.26. The molecule has 0 saturated heterocycles. The van der Waals surface area contributed by atoms with Gasteiger partial charge in [-0.05, 0) is 34.0 Å². The van der Waals surface area contributed by atoms with Crippen LogP contribution in [0.1, 0.15) is 29.8 Å². The van der Waals surface area contributed by atoms with E-state index in [-0.39, 0.29) is 0 Å². The molecule has 1 atom stereocenters. The lowest BCUT2D eigenvalue weighted by Gasteiger charge is -2.10. The molecule has 2 aromatic heterocycles. The number of halogens is 1. The first kappa shape index (κ1) is 13.2. The van der Waals surface area contributed by atoms with Gasteiger partial charge in [0.25, 0.3) is 0 Å². The second-order valence-corrected chi connectivity index (χ2v) is 5.21. The van der Waals surface area contributed by atoms with E-state index in [2.05, 4.69) is 26.0 Å². The van der Waals surface area contributed by atoms with Gasteiger partial charge in [-0.25, -0.2) is 0 Å². The molecule has 0 aliphatic carbocycles. The first-order chi connectivity index (χ1) is 8.60. The maximum Gasteiger partial charge on any atom is 0.0864 e. The smallest absolute Gasteiger partial charge is 0.0864 e. The summed E-state index contributed by atoms with van der Waals surface area (Å²) in [6.07, 6.45) is 6.22. The van der Waals surface area contributed by atoms with Crippen LogP contribution in [0.25, 0.3) is 0 Å². The standard InChI is InChI=1S/C13H16BrN3O/c1-3-12-11(8-17(2)16-12)13(18)5-9-4-10(14)7-15-6-9/h4,6-8,13,18H,3,5H2,1-2H3. The number of aliphatic hydroxyl groups excluding tert-OH is 1. The molecule has 0 aliphatic rings. The van der Waals surface area contributed by atoms with Crippen LogP contribution in [0.4, 0.5) is 0 Å². The summed E-state index contributed by atoms with van der Waals surface area (Å²) in [4.78, 5) is 4.10. The maximum atomic E-state index is 10.3. The minimum Gasteiger partial charge on any atom is -0.388 e. The minimum absolute atomic E-state index is 0.537. The topological polar surface area (TPSA) is 50.9 Å². The van der Waals surface area contributed by atoms with Crippen molar-refractivity contribution in [2.24, 2.45) is 7.05 Å². The van der Waals surface area contributed by atoms with Crippen LogP contribution in [0.15, 0.2) is 29.1 Å². The second kappa shape index (κ2) is 5.63. The van der Waals surface area contributed by atoms with Gasteiger partial charge in [0.1, 0.15) is 0 Å². The van der Waals surface area contributed by atoms with E-state index >= 15 is 0 Å². The highest BCUT2D eigenvalue weighted by atomic mass is 79.9. The molecule has 5 heteroatoms. The predicted molar refractivity (Wildman–Crippen MR) is 73.2 cm³/mol. The molecule has 0 radical (unpaired) electrons. The first-order valence-corrected chi connectivity index (χ1v) is 6.69. The minimum atomic E-state index is -0.537. The maximum absolute atomic E-state index is 10.3. The fraction of sp³-hybridized carbons (Fsp3) is 0.385. The number of hydrogen-bond acceptors (Lipinski definition) is 3. The largest absolute Gasteiger partial charge is 0.388 e. The van der Waals surface area contributed by atoms with Gasteiger partial charge in [-0.3, -0.25) is 9.67 Å². The van der Waals surface area contributed by atoms with Crippen molar-refractivity contribution in [3.05, 3.63) is 46.0 Å². The molecule has 2 aromatic rings. The van der Waals surface area contributed by atoms with E-state index in [4.69, 9.17) is 0 Å². The van der Waals surface area contributed by atoms with Crippen molar-refractivity contribution in [2.45, 2.75) is 25.9 Å². The Morgan fingerprint density at radius 1 is 1.44 bits per heavy atom. The van der Waals surface area contributed by atoms with Crippen LogP contribution in [0.3, 0.4) is 0 Å². The number of aryl methyl sites for hydroxylation is 2. The second-order valence-electron chi connectivity index (χ2n) is 4.29. The number of aliphatic hydroxyl groups is 1. The number of aromatic nitrogens is 3. The molecule has 96 valence electrons. The Labute approximate surface area is 115 Å². The molecule has 2 heterocycles. The van der Waals surface area contributed by atoms with E-state index in [0.717, 1.165) is 27.7 Å². The summed E-state index contributed by atoms with van der Waals surface area (Å²) in [7, 11) is 1.87. The third kappa shape index (κ3) is 2.97. The van der Waals surface area contributed by atoms with Crippen LogP contribution >= 0.6 is 15.9 Å². The van der Waals surface area contributed by atoms with Gasteiger partial charge in [-0.15, -0.1) is 0 Å². The van der Waals surface area contributed by atoms with Gasteiger partial charge in [0.05, 0.1) is 11.8 Å². The molecule has 2 rings (SSSR count). The predicted octanol–water partition coefficient (Wildman–Crippen LogP) is 2.42. The molecule has 1 unspecified atom stereocenters. The number of nitrogens with zero attached hydrogens (tertiary/aromatic N) is 3. The highest BCUT2D eigenvalue weighted by Crippen LogP contribution is 2.22. The quantitative estimate of drug-likeness (QED) is 0.943. The molecular weight excluding hydrogens is 294 g/mol. The van der Waals surface area contributed by atoms with Gasteiger partial charge in [-0.1, -0.05) is 6.92 Å². The van der Waals surface area contributed by atoms with E-state index in [0.29, 0.717) is 6.42 Å². The zero-order chi connectivity index (χ0) is 13.1. The Morgan fingerprint density at radius 3 is 2.89 bits per heavy atom. The number of rotatable bonds is 4. The van der Waals surface area contributed by atoms with Gasteiger partial charge >= 0.3 is 0 Å². The van der Waals surface area contributed by atoms with Crippen molar-refractivity contribution in [3.63, 3.8) is 0 Å². The average Bonchev–Trinajstić information content (AvgIpc) is 2.70. The van der Waals surface area contributed by atoms with Crippen molar-refractivity contribution in [1.29, 1.82) is 0 Å². The summed E-state index contributed by atoms with van der Waals surface area (Å²) in [5, 5.41) is 14.6. The van der Waals surface area contributed by atoms with Crippen molar-refractivity contribution in [1.82, 2.24) is 14.8 Å². The summed E-state index contributed by atoms with van der Waals surface area (Å²) in [5.41, 5.74) is 2.86. The number of pyridine rings is 1. The van der Waals surface area contributed by atoms with Crippen LogP contribution in [-0.4, -0.2) is 19.9 Å². The summed E-state index contributed by atoms with van der Waals surface area (Å²) < 4.78 is 2.67. The Morgan fingerprint density at radius 2 is 2.22 bits per heavy atom. The van der Waals surface area contributed by atoms with Gasteiger partial charge in [-0.2, -0.15) is 5.10 Å². The van der Waals surface area contributed by atoms with Crippen molar-refractivity contribution in [3.8, 4) is 0 Å². The van der Waals surface area contributed by atoms with E-state index in [1.165, 1.54) is 0 Å². The van der Waals surface area contributed by atoms with Gasteiger partial charge < -0.3 is 5.11 Å². The summed E-state index contributed by atoms with van der Waals surface area (Å²) in [6.45, 7) is 2.04. The Hall–Kier alpha value is -1.20. The summed E-state index contributed by atoms with van der Waals surface area (Å²) in [5.74, 6) is 0. The van der Waals surface area contributed by atoms with Crippen LogP contribution < -0.4 is 0 Å². The molecular formula is C13H16BrN3O. The summed E-state index contributed by atoms with van der Waals surface area (Å²) >= 11 is 3.38. The number of hydrogen-bond donors (Lipinski definition) is 1. The third-order valence-electron chi connectivity index (χ3n) is 2.82. The highest BCUT2D eigenvalue weighted by molar-refractivity contribution is 9.10. The van der Waals surface area contributed by atoms with Crippen molar-refractivity contribution in [2.75, 3.05) is 0 Å². The fourth-order valence-corrected chi connectivity index (χ4v) is 2.42. The molecule has 0 spiro atoms. The van der Waals surface area contributed by atoms with E-state index in [1.54, 1.807) is 17.1 Å². The molecule has 0 saturated carbocycles. The summed E-state index contributed by atoms with van der Waals surface area (Å²) in [6, 6.07) is 1.97. The molecule has 0 fully saturated rings. The van der Waals surface area contributed by atoms with E-state index in [1.807, 2.05) is 26.2 Å². The Balaban J connectivity index is 2.18. The van der Waals surface area contributed by atoms with Crippen LogP contribution in [-0.2, 0) is 19.9 Å². The van der Waals surface area contributed by atoms with E-state index < -0.39 is 6.10 Å². The highest BCUT2D eigenvalue weighted by Gasteiger charge is 2.15. The first-order valence-electron chi connectivity index (χ1n) is 5.90. The van der Waals surface area contributed by atoms with Crippen molar-refractivity contribution >= 4 is 15.9 Å². The molecule has 1 N–H and O–H groups in total. The molecule has 0 bridgehead atoms. The zero-order valence-corrected chi connectivity index (χ0v) is 12.1. The normalized spacial score (nSPS) is 12.7. The van der Waals surface area contributed by atoms with Crippen molar-refractivity contribution < 1.29 is 5.11 Å². The Kier molecular flexibility index (Phi) is 4.14. The molecule has 0 aliphatic heterocycles.